The van der Waals surface area contributed by atoms with Gasteiger partial charge in [-0.1, -0.05) is 24.6 Å². The van der Waals surface area contributed by atoms with Crippen molar-refractivity contribution in [3.8, 4) is 0 Å². The second-order valence-corrected chi connectivity index (χ2v) is 3.90. The highest BCUT2D eigenvalue weighted by Crippen LogP contribution is 2.24. The van der Waals surface area contributed by atoms with E-state index < -0.39 is 0 Å². The Bertz CT molecular complexity index is 279. The Hall–Kier alpha value is -0.820. The van der Waals surface area contributed by atoms with Crippen LogP contribution in [-0.2, 0) is 0 Å². The summed E-state index contributed by atoms with van der Waals surface area (Å²) >= 11 is 0. The van der Waals surface area contributed by atoms with Crippen LogP contribution in [0.15, 0.2) is 12.1 Å². The Kier molecular flexibility index (Phi) is 3.10. The standard InChI is InChI=1S/C12H18O/c1-8-5-9(2)12(10(3)6-8)11(4)7-13/h5-6,11,13H,7H2,1-4H3. The summed E-state index contributed by atoms with van der Waals surface area (Å²) in [5.74, 6) is 0.251. The van der Waals surface area contributed by atoms with Crippen LogP contribution in [0.5, 0.6) is 0 Å². The number of hydrogen-bond donors (Lipinski definition) is 1. The fourth-order valence-electron chi connectivity index (χ4n) is 2.06. The summed E-state index contributed by atoms with van der Waals surface area (Å²) in [5, 5.41) is 9.11. The summed E-state index contributed by atoms with van der Waals surface area (Å²) in [7, 11) is 0. The van der Waals surface area contributed by atoms with Gasteiger partial charge in [-0.3, -0.25) is 0 Å². The van der Waals surface area contributed by atoms with Gasteiger partial charge in [0.2, 0.25) is 0 Å². The highest BCUT2D eigenvalue weighted by atomic mass is 16.3. The minimum absolute atomic E-state index is 0.227. The first kappa shape index (κ1) is 10.3. The molecule has 72 valence electrons. The van der Waals surface area contributed by atoms with E-state index in [-0.39, 0.29) is 12.5 Å². The van der Waals surface area contributed by atoms with Gasteiger partial charge >= 0.3 is 0 Å². The number of rotatable bonds is 2. The van der Waals surface area contributed by atoms with E-state index in [4.69, 9.17) is 5.11 Å². The normalized spacial score (nSPS) is 13.0. The number of benzene rings is 1. The maximum Gasteiger partial charge on any atom is 0.0497 e. The number of hydrogen-bond acceptors (Lipinski definition) is 1. The summed E-state index contributed by atoms with van der Waals surface area (Å²) in [6.45, 7) is 8.62. The third kappa shape index (κ3) is 2.10. The van der Waals surface area contributed by atoms with Crippen LogP contribution in [0.3, 0.4) is 0 Å². The van der Waals surface area contributed by atoms with E-state index in [0.717, 1.165) is 0 Å². The van der Waals surface area contributed by atoms with Crippen molar-refractivity contribution in [1.29, 1.82) is 0 Å². The molecule has 0 aliphatic rings. The van der Waals surface area contributed by atoms with Crippen LogP contribution in [0.2, 0.25) is 0 Å². The Balaban J connectivity index is 3.20. The zero-order valence-corrected chi connectivity index (χ0v) is 8.89. The third-order valence-electron chi connectivity index (χ3n) is 2.50. The molecule has 0 aromatic heterocycles. The summed E-state index contributed by atoms with van der Waals surface area (Å²) < 4.78 is 0. The van der Waals surface area contributed by atoms with Gasteiger partial charge in [0.1, 0.15) is 0 Å². The molecule has 0 spiro atoms. The van der Waals surface area contributed by atoms with Crippen molar-refractivity contribution in [2.24, 2.45) is 0 Å². The summed E-state index contributed by atoms with van der Waals surface area (Å²) in [4.78, 5) is 0. The van der Waals surface area contributed by atoms with Crippen molar-refractivity contribution < 1.29 is 5.11 Å². The maximum absolute atomic E-state index is 9.11. The van der Waals surface area contributed by atoms with E-state index in [1.807, 2.05) is 0 Å². The average molecular weight is 178 g/mol. The summed E-state index contributed by atoms with van der Waals surface area (Å²) in [6.07, 6.45) is 0. The molecule has 1 atom stereocenters. The number of aliphatic hydroxyl groups excluding tert-OH is 1. The molecule has 1 rings (SSSR count). The van der Waals surface area contributed by atoms with Gasteiger partial charge in [-0.25, -0.2) is 0 Å². The van der Waals surface area contributed by atoms with Gasteiger partial charge in [0, 0.05) is 12.5 Å². The zero-order chi connectivity index (χ0) is 10.0. The minimum atomic E-state index is 0.227. The van der Waals surface area contributed by atoms with Gasteiger partial charge in [-0.15, -0.1) is 0 Å². The van der Waals surface area contributed by atoms with Crippen LogP contribution >= 0.6 is 0 Å². The van der Waals surface area contributed by atoms with Crippen molar-refractivity contribution in [2.75, 3.05) is 6.61 Å². The van der Waals surface area contributed by atoms with Crippen LogP contribution in [0.25, 0.3) is 0 Å². The largest absolute Gasteiger partial charge is 0.396 e. The van der Waals surface area contributed by atoms with Gasteiger partial charge in [0.15, 0.2) is 0 Å². The van der Waals surface area contributed by atoms with Crippen LogP contribution in [0.1, 0.15) is 35.1 Å². The van der Waals surface area contributed by atoms with E-state index in [0.29, 0.717) is 0 Å². The smallest absolute Gasteiger partial charge is 0.0497 e. The Morgan fingerprint density at radius 1 is 1.15 bits per heavy atom. The molecule has 1 aromatic rings. The fraction of sp³-hybridized carbons (Fsp3) is 0.500. The summed E-state index contributed by atoms with van der Waals surface area (Å²) in [5.41, 5.74) is 5.18. The SMILES string of the molecule is Cc1cc(C)c(C(C)CO)c(C)c1. The maximum atomic E-state index is 9.11. The Labute approximate surface area is 80.4 Å². The Morgan fingerprint density at radius 2 is 1.62 bits per heavy atom. The molecule has 1 N–H and O–H groups in total. The highest BCUT2D eigenvalue weighted by molar-refractivity contribution is 5.39. The first-order valence-electron chi connectivity index (χ1n) is 4.75. The Morgan fingerprint density at radius 3 is 2.00 bits per heavy atom. The molecule has 0 radical (unpaired) electrons. The molecular formula is C12H18O. The molecule has 13 heavy (non-hydrogen) atoms. The van der Waals surface area contributed by atoms with Gasteiger partial charge in [-0.05, 0) is 37.5 Å². The second kappa shape index (κ2) is 3.93. The predicted octanol–water partition coefficient (Wildman–Crippen LogP) is 2.71. The van der Waals surface area contributed by atoms with Crippen LogP contribution in [-0.4, -0.2) is 11.7 Å². The molecule has 1 aromatic carbocycles. The molecule has 0 amide bonds. The van der Waals surface area contributed by atoms with Crippen LogP contribution in [0.4, 0.5) is 0 Å². The lowest BCUT2D eigenvalue weighted by atomic mass is 9.91. The van der Waals surface area contributed by atoms with Crippen molar-refractivity contribution >= 4 is 0 Å². The van der Waals surface area contributed by atoms with Gasteiger partial charge in [0.25, 0.3) is 0 Å². The van der Waals surface area contributed by atoms with E-state index in [9.17, 15) is 0 Å². The fourth-order valence-corrected chi connectivity index (χ4v) is 2.06. The molecule has 1 unspecified atom stereocenters. The summed E-state index contributed by atoms with van der Waals surface area (Å²) in [6, 6.07) is 4.35. The topological polar surface area (TPSA) is 20.2 Å². The zero-order valence-electron chi connectivity index (χ0n) is 8.89. The van der Waals surface area contributed by atoms with E-state index in [2.05, 4.69) is 39.8 Å². The van der Waals surface area contributed by atoms with Crippen LogP contribution in [0, 0.1) is 20.8 Å². The van der Waals surface area contributed by atoms with Crippen LogP contribution < -0.4 is 0 Å². The lowest BCUT2D eigenvalue weighted by Gasteiger charge is -2.16. The molecule has 0 bridgehead atoms. The van der Waals surface area contributed by atoms with Crippen molar-refractivity contribution in [3.63, 3.8) is 0 Å². The van der Waals surface area contributed by atoms with Gasteiger partial charge in [-0.2, -0.15) is 0 Å². The molecule has 0 saturated heterocycles. The molecule has 0 heterocycles. The van der Waals surface area contributed by atoms with Gasteiger partial charge < -0.3 is 5.11 Å². The van der Waals surface area contributed by atoms with E-state index in [1.54, 1.807) is 0 Å². The minimum Gasteiger partial charge on any atom is -0.396 e. The molecule has 0 fully saturated rings. The molecule has 0 aliphatic heterocycles. The van der Waals surface area contributed by atoms with Crippen molar-refractivity contribution in [2.45, 2.75) is 33.6 Å². The van der Waals surface area contributed by atoms with E-state index in [1.165, 1.54) is 22.3 Å². The molecule has 0 aliphatic carbocycles. The number of aryl methyl sites for hydroxylation is 3. The predicted molar refractivity (Wildman–Crippen MR) is 56.2 cm³/mol. The first-order chi connectivity index (χ1) is 6.06. The first-order valence-corrected chi connectivity index (χ1v) is 4.75. The third-order valence-corrected chi connectivity index (χ3v) is 2.50. The van der Waals surface area contributed by atoms with Crippen molar-refractivity contribution in [3.05, 3.63) is 34.4 Å². The molecule has 0 saturated carbocycles. The van der Waals surface area contributed by atoms with Gasteiger partial charge in [0.05, 0.1) is 0 Å². The molecule has 1 heteroatoms. The lowest BCUT2D eigenvalue weighted by molar-refractivity contribution is 0.272. The van der Waals surface area contributed by atoms with E-state index >= 15 is 0 Å². The lowest BCUT2D eigenvalue weighted by Crippen LogP contribution is -2.04. The molecule has 1 nitrogen and oxygen atoms in total. The quantitative estimate of drug-likeness (QED) is 0.738. The second-order valence-electron chi connectivity index (χ2n) is 3.90. The average Bonchev–Trinajstić information content (AvgIpc) is 2.02. The monoisotopic (exact) mass is 178 g/mol. The van der Waals surface area contributed by atoms with Crippen molar-refractivity contribution in [1.82, 2.24) is 0 Å². The number of aliphatic hydroxyl groups is 1. The molecular weight excluding hydrogens is 160 g/mol. The highest BCUT2D eigenvalue weighted by Gasteiger charge is 2.10.